The zero-order valence-corrected chi connectivity index (χ0v) is 14.8. The molecule has 1 unspecified atom stereocenters. The Labute approximate surface area is 134 Å². The first-order valence-corrected chi connectivity index (χ1v) is 7.81. The minimum absolute atomic E-state index is 0.0187. The van der Waals surface area contributed by atoms with Crippen molar-refractivity contribution in [2.24, 2.45) is 5.41 Å². The van der Waals surface area contributed by atoms with E-state index in [-0.39, 0.29) is 17.6 Å². The van der Waals surface area contributed by atoms with Crippen LogP contribution in [-0.4, -0.2) is 37.0 Å². The van der Waals surface area contributed by atoms with Crippen molar-refractivity contribution in [3.05, 3.63) is 24.3 Å². The van der Waals surface area contributed by atoms with E-state index in [2.05, 4.69) is 39.9 Å². The molecule has 22 heavy (non-hydrogen) atoms. The predicted molar refractivity (Wildman–Crippen MR) is 90.6 cm³/mol. The van der Waals surface area contributed by atoms with Gasteiger partial charge >= 0.3 is 0 Å². The molecule has 126 valence electrons. The van der Waals surface area contributed by atoms with Gasteiger partial charge in [0, 0.05) is 18.2 Å². The summed E-state index contributed by atoms with van der Waals surface area (Å²) in [5, 5.41) is 13.5. The molecule has 0 spiro atoms. The summed E-state index contributed by atoms with van der Waals surface area (Å²) in [7, 11) is 1.62. The number of methoxy groups -OCH3 is 1. The van der Waals surface area contributed by atoms with Crippen molar-refractivity contribution >= 4 is 0 Å². The average Bonchev–Trinajstić information content (AvgIpc) is 2.40. The molecule has 0 aliphatic carbocycles. The van der Waals surface area contributed by atoms with E-state index in [1.807, 2.05) is 24.3 Å². The molecule has 0 heterocycles. The van der Waals surface area contributed by atoms with E-state index in [1.165, 1.54) is 0 Å². The summed E-state index contributed by atoms with van der Waals surface area (Å²) < 4.78 is 10.8. The number of aliphatic hydroxyl groups is 1. The Kier molecular flexibility index (Phi) is 6.69. The maximum atomic E-state index is 10.1. The predicted octanol–water partition coefficient (Wildman–Crippen LogP) is 3.24. The van der Waals surface area contributed by atoms with Gasteiger partial charge in [-0.25, -0.2) is 0 Å². The van der Waals surface area contributed by atoms with Crippen LogP contribution in [0.1, 0.15) is 41.0 Å². The SMILES string of the molecule is COc1cccc(OCC(O)CNC(C)(C)CC(C)(C)C)c1. The van der Waals surface area contributed by atoms with Gasteiger partial charge in [-0.15, -0.1) is 0 Å². The number of nitrogens with one attached hydrogen (secondary N) is 1. The molecule has 0 saturated heterocycles. The van der Waals surface area contributed by atoms with E-state index < -0.39 is 6.10 Å². The van der Waals surface area contributed by atoms with Gasteiger partial charge < -0.3 is 19.9 Å². The molecule has 0 aliphatic rings. The lowest BCUT2D eigenvalue weighted by Gasteiger charge is -2.34. The molecular weight excluding hydrogens is 278 g/mol. The van der Waals surface area contributed by atoms with Gasteiger partial charge in [0.15, 0.2) is 0 Å². The zero-order valence-electron chi connectivity index (χ0n) is 14.8. The van der Waals surface area contributed by atoms with Gasteiger partial charge in [-0.3, -0.25) is 0 Å². The van der Waals surface area contributed by atoms with Crippen LogP contribution in [0.4, 0.5) is 0 Å². The third-order valence-corrected chi connectivity index (χ3v) is 3.27. The van der Waals surface area contributed by atoms with Crippen LogP contribution in [0.5, 0.6) is 11.5 Å². The summed E-state index contributed by atoms with van der Waals surface area (Å²) in [6, 6.07) is 7.39. The first-order valence-electron chi connectivity index (χ1n) is 7.81. The fourth-order valence-corrected chi connectivity index (χ4v) is 2.72. The van der Waals surface area contributed by atoms with Gasteiger partial charge in [0.1, 0.15) is 24.2 Å². The highest BCUT2D eigenvalue weighted by Gasteiger charge is 2.25. The number of rotatable bonds is 8. The molecule has 1 aromatic carbocycles. The van der Waals surface area contributed by atoms with Crippen LogP contribution < -0.4 is 14.8 Å². The molecule has 1 atom stereocenters. The number of ether oxygens (including phenoxy) is 2. The number of benzene rings is 1. The quantitative estimate of drug-likeness (QED) is 0.774. The molecule has 4 heteroatoms. The van der Waals surface area contributed by atoms with Gasteiger partial charge in [-0.05, 0) is 37.8 Å². The second-order valence-corrected chi connectivity index (χ2v) is 7.65. The third kappa shape index (κ3) is 7.66. The van der Waals surface area contributed by atoms with Crippen LogP contribution in [0.2, 0.25) is 0 Å². The summed E-state index contributed by atoms with van der Waals surface area (Å²) >= 11 is 0. The number of hydrogen-bond donors (Lipinski definition) is 2. The monoisotopic (exact) mass is 309 g/mol. The lowest BCUT2D eigenvalue weighted by molar-refractivity contribution is 0.0943. The van der Waals surface area contributed by atoms with Gasteiger partial charge in [0.25, 0.3) is 0 Å². The highest BCUT2D eigenvalue weighted by atomic mass is 16.5. The number of hydrogen-bond acceptors (Lipinski definition) is 4. The Morgan fingerprint density at radius 3 is 2.36 bits per heavy atom. The van der Waals surface area contributed by atoms with Crippen molar-refractivity contribution in [1.82, 2.24) is 5.32 Å². The summed E-state index contributed by atoms with van der Waals surface area (Å²) in [6.45, 7) is 11.7. The molecule has 0 radical (unpaired) electrons. The lowest BCUT2D eigenvalue weighted by atomic mass is 9.82. The van der Waals surface area contributed by atoms with Crippen molar-refractivity contribution in [1.29, 1.82) is 0 Å². The molecule has 0 saturated carbocycles. The molecule has 0 bridgehead atoms. The fourth-order valence-electron chi connectivity index (χ4n) is 2.72. The molecule has 4 nitrogen and oxygen atoms in total. The van der Waals surface area contributed by atoms with Gasteiger partial charge in [-0.2, -0.15) is 0 Å². The highest BCUT2D eigenvalue weighted by molar-refractivity contribution is 5.32. The van der Waals surface area contributed by atoms with Crippen LogP contribution in [0.3, 0.4) is 0 Å². The van der Waals surface area contributed by atoms with Crippen LogP contribution in [0.25, 0.3) is 0 Å². The minimum atomic E-state index is -0.551. The molecule has 1 rings (SSSR count). The zero-order chi connectivity index (χ0) is 16.8. The van der Waals surface area contributed by atoms with Gasteiger partial charge in [0.2, 0.25) is 0 Å². The van der Waals surface area contributed by atoms with Crippen LogP contribution >= 0.6 is 0 Å². The first kappa shape index (κ1) is 18.8. The third-order valence-electron chi connectivity index (χ3n) is 3.27. The second kappa shape index (κ2) is 7.84. The maximum absolute atomic E-state index is 10.1. The van der Waals surface area contributed by atoms with E-state index in [0.717, 1.165) is 12.2 Å². The molecule has 0 aliphatic heterocycles. The fraction of sp³-hybridized carbons (Fsp3) is 0.667. The van der Waals surface area contributed by atoms with Crippen molar-refractivity contribution in [2.75, 3.05) is 20.3 Å². The molecule has 1 aromatic rings. The summed E-state index contributed by atoms with van der Waals surface area (Å²) in [5.41, 5.74) is 0.230. The normalized spacial score (nSPS) is 13.8. The van der Waals surface area contributed by atoms with Crippen molar-refractivity contribution in [3.63, 3.8) is 0 Å². The Balaban J connectivity index is 2.38. The molecule has 2 N–H and O–H groups in total. The van der Waals surface area contributed by atoms with Crippen molar-refractivity contribution < 1.29 is 14.6 Å². The van der Waals surface area contributed by atoms with Crippen LogP contribution in [-0.2, 0) is 0 Å². The lowest BCUT2D eigenvalue weighted by Crippen LogP contribution is -2.46. The van der Waals surface area contributed by atoms with Crippen LogP contribution in [0.15, 0.2) is 24.3 Å². The topological polar surface area (TPSA) is 50.7 Å². The Morgan fingerprint density at radius 2 is 1.77 bits per heavy atom. The first-order chi connectivity index (χ1) is 10.1. The Hall–Kier alpha value is -1.26. The standard InChI is InChI=1S/C18H31NO3/c1-17(2,3)13-18(4,5)19-11-14(20)12-22-16-9-7-8-15(10-16)21-6/h7-10,14,19-20H,11-13H2,1-6H3. The van der Waals surface area contributed by atoms with E-state index in [1.54, 1.807) is 7.11 Å². The summed E-state index contributed by atoms with van der Waals surface area (Å²) in [4.78, 5) is 0. The Morgan fingerprint density at radius 1 is 1.14 bits per heavy atom. The molecule has 0 aromatic heterocycles. The maximum Gasteiger partial charge on any atom is 0.123 e. The number of aliphatic hydroxyl groups excluding tert-OH is 1. The van der Waals surface area contributed by atoms with Crippen LogP contribution in [0, 0.1) is 5.41 Å². The summed E-state index contributed by atoms with van der Waals surface area (Å²) in [6.07, 6.45) is 0.481. The van der Waals surface area contributed by atoms with E-state index in [0.29, 0.717) is 12.3 Å². The molecule has 0 amide bonds. The summed E-state index contributed by atoms with van der Waals surface area (Å²) in [5.74, 6) is 1.45. The smallest absolute Gasteiger partial charge is 0.123 e. The highest BCUT2D eigenvalue weighted by Crippen LogP contribution is 2.26. The van der Waals surface area contributed by atoms with E-state index in [9.17, 15) is 5.11 Å². The van der Waals surface area contributed by atoms with Gasteiger partial charge in [-0.1, -0.05) is 26.8 Å². The number of β-amino-alcohol motifs (C(OH)–C–C–N with tert-alkyl or cyclic N) is 1. The van der Waals surface area contributed by atoms with Gasteiger partial charge in [0.05, 0.1) is 7.11 Å². The minimum Gasteiger partial charge on any atom is -0.497 e. The largest absolute Gasteiger partial charge is 0.497 e. The molecule has 0 fully saturated rings. The Bertz CT molecular complexity index is 452. The second-order valence-electron chi connectivity index (χ2n) is 7.65. The van der Waals surface area contributed by atoms with E-state index in [4.69, 9.17) is 9.47 Å². The average molecular weight is 309 g/mol. The molecular formula is C18H31NO3. The van der Waals surface area contributed by atoms with Crippen molar-refractivity contribution in [2.45, 2.75) is 52.7 Å². The van der Waals surface area contributed by atoms with E-state index >= 15 is 0 Å². The van der Waals surface area contributed by atoms with Crippen molar-refractivity contribution in [3.8, 4) is 11.5 Å².